The lowest BCUT2D eigenvalue weighted by Crippen LogP contribution is -2.42. The molecule has 1 aliphatic heterocycles. The first-order chi connectivity index (χ1) is 14.7. The molecule has 0 radical (unpaired) electrons. The zero-order chi connectivity index (χ0) is 22.7. The maximum Gasteiger partial charge on any atom is 0.401 e. The molecule has 1 unspecified atom stereocenters. The molecule has 1 aliphatic rings. The van der Waals surface area contributed by atoms with Crippen LogP contribution >= 0.6 is 24.0 Å². The van der Waals surface area contributed by atoms with Crippen LogP contribution in [-0.4, -0.2) is 74.1 Å². The number of aliphatic hydroxyl groups is 1. The largest absolute Gasteiger partial charge is 0.491 e. The van der Waals surface area contributed by atoms with Crippen LogP contribution in [0.1, 0.15) is 31.7 Å². The monoisotopic (exact) mass is 572 g/mol. The number of nitrogens with zero attached hydrogens (tertiary/aromatic N) is 2. The van der Waals surface area contributed by atoms with Crippen molar-refractivity contribution in [3.8, 4) is 5.75 Å². The number of nitrogens with one attached hydrogen (secondary N) is 2. The average Bonchev–Trinajstić information content (AvgIpc) is 2.71. The third-order valence-corrected chi connectivity index (χ3v) is 5.19. The second-order valence-electron chi connectivity index (χ2n) is 8.05. The molecule has 1 aromatic carbocycles. The molecule has 0 amide bonds. The van der Waals surface area contributed by atoms with Crippen molar-refractivity contribution in [2.75, 3.05) is 45.9 Å². The molecule has 10 heteroatoms. The molecule has 1 heterocycles. The van der Waals surface area contributed by atoms with Gasteiger partial charge in [-0.15, -0.1) is 24.0 Å². The van der Waals surface area contributed by atoms with E-state index in [1.165, 1.54) is 4.90 Å². The highest BCUT2D eigenvalue weighted by molar-refractivity contribution is 14.0. The Bertz CT molecular complexity index is 683. The van der Waals surface area contributed by atoms with E-state index >= 15 is 0 Å². The minimum atomic E-state index is -4.12. The molecule has 0 spiro atoms. The maximum absolute atomic E-state index is 12.5. The van der Waals surface area contributed by atoms with E-state index in [2.05, 4.69) is 15.6 Å². The van der Waals surface area contributed by atoms with Gasteiger partial charge in [-0.2, -0.15) is 13.2 Å². The first-order valence-corrected chi connectivity index (χ1v) is 10.9. The Morgan fingerprint density at radius 3 is 2.62 bits per heavy atom. The Balaban J connectivity index is 0.00000512. The molecule has 1 fully saturated rings. The van der Waals surface area contributed by atoms with Crippen LogP contribution in [0.5, 0.6) is 5.75 Å². The predicted octanol–water partition coefficient (Wildman–Crippen LogP) is 3.57. The Morgan fingerprint density at radius 1 is 1.28 bits per heavy atom. The molecular weight excluding hydrogens is 536 g/mol. The zero-order valence-corrected chi connectivity index (χ0v) is 21.2. The van der Waals surface area contributed by atoms with Gasteiger partial charge in [-0.3, -0.25) is 9.89 Å². The first-order valence-electron chi connectivity index (χ1n) is 10.9. The summed E-state index contributed by atoms with van der Waals surface area (Å²) in [7, 11) is 0. The highest BCUT2D eigenvalue weighted by Gasteiger charge is 2.32. The molecular formula is C22H36F3IN4O2. The van der Waals surface area contributed by atoms with Crippen molar-refractivity contribution in [1.82, 2.24) is 15.5 Å². The van der Waals surface area contributed by atoms with Gasteiger partial charge in [0.15, 0.2) is 5.96 Å². The lowest BCUT2D eigenvalue weighted by atomic mass is 9.93. The minimum Gasteiger partial charge on any atom is -0.491 e. The molecule has 0 aromatic heterocycles. The Morgan fingerprint density at radius 2 is 2.00 bits per heavy atom. The number of piperidine rings is 1. The molecule has 0 aliphatic carbocycles. The van der Waals surface area contributed by atoms with Gasteiger partial charge >= 0.3 is 6.18 Å². The van der Waals surface area contributed by atoms with Crippen LogP contribution in [0.4, 0.5) is 13.2 Å². The second kappa shape index (κ2) is 14.8. The van der Waals surface area contributed by atoms with E-state index < -0.39 is 18.8 Å². The smallest absolute Gasteiger partial charge is 0.401 e. The summed E-state index contributed by atoms with van der Waals surface area (Å²) in [6, 6.07) is 7.65. The van der Waals surface area contributed by atoms with Crippen LogP contribution in [0.15, 0.2) is 29.3 Å². The molecule has 0 saturated carbocycles. The lowest BCUT2D eigenvalue weighted by Gasteiger charge is -2.32. The van der Waals surface area contributed by atoms with Crippen LogP contribution in [0.3, 0.4) is 0 Å². The minimum absolute atomic E-state index is 0. The molecule has 1 saturated heterocycles. The van der Waals surface area contributed by atoms with Crippen LogP contribution in [0.25, 0.3) is 0 Å². The normalized spacial score (nSPS) is 16.9. The van der Waals surface area contributed by atoms with Gasteiger partial charge in [0.1, 0.15) is 18.5 Å². The van der Waals surface area contributed by atoms with Crippen molar-refractivity contribution >= 4 is 29.9 Å². The summed E-state index contributed by atoms with van der Waals surface area (Å²) in [5.74, 6) is 1.74. The van der Waals surface area contributed by atoms with Crippen LogP contribution in [-0.2, 0) is 0 Å². The molecule has 0 bridgehead atoms. The summed E-state index contributed by atoms with van der Waals surface area (Å²) in [5.41, 5.74) is 1.09. The third kappa shape index (κ3) is 12.1. The van der Waals surface area contributed by atoms with Crippen molar-refractivity contribution in [1.29, 1.82) is 0 Å². The lowest BCUT2D eigenvalue weighted by molar-refractivity contribution is -0.148. The molecule has 6 nitrogen and oxygen atoms in total. The summed E-state index contributed by atoms with van der Waals surface area (Å²) in [6.45, 7) is 5.85. The zero-order valence-electron chi connectivity index (χ0n) is 18.8. The summed E-state index contributed by atoms with van der Waals surface area (Å²) in [6.07, 6.45) is -2.42. The number of benzene rings is 1. The molecule has 1 aromatic rings. The standard InChI is InChI=1S/C22H35F3N4O2.HI/c1-3-26-21(28-14-19(30)15-31-20-6-4-5-17(2)13-20)27-10-7-18-8-11-29(12-9-18)16-22(23,24)25;/h4-6,13,18-19,30H,3,7-12,14-16H2,1-2H3,(H2,26,27,28);1H. The van der Waals surface area contributed by atoms with Gasteiger partial charge in [0.2, 0.25) is 0 Å². The number of rotatable bonds is 10. The Kier molecular flexibility index (Phi) is 13.3. The van der Waals surface area contributed by atoms with E-state index in [0.717, 1.165) is 24.8 Å². The highest BCUT2D eigenvalue weighted by Crippen LogP contribution is 2.24. The van der Waals surface area contributed by atoms with Crippen molar-refractivity contribution in [3.05, 3.63) is 29.8 Å². The van der Waals surface area contributed by atoms with Gasteiger partial charge in [-0.1, -0.05) is 12.1 Å². The average molecular weight is 572 g/mol. The van der Waals surface area contributed by atoms with Gasteiger partial charge in [0.05, 0.1) is 13.1 Å². The van der Waals surface area contributed by atoms with E-state index in [0.29, 0.717) is 43.8 Å². The van der Waals surface area contributed by atoms with E-state index in [4.69, 9.17) is 4.74 Å². The summed E-state index contributed by atoms with van der Waals surface area (Å²) >= 11 is 0. The SMILES string of the molecule is CCNC(=NCC(O)COc1cccc(C)c1)NCCC1CCN(CC(F)(F)F)CC1.I. The van der Waals surface area contributed by atoms with Crippen LogP contribution < -0.4 is 15.4 Å². The van der Waals surface area contributed by atoms with Gasteiger partial charge < -0.3 is 20.5 Å². The number of ether oxygens (including phenoxy) is 1. The topological polar surface area (TPSA) is 69.1 Å². The fraction of sp³-hybridized carbons (Fsp3) is 0.682. The van der Waals surface area contributed by atoms with E-state index in [1.807, 2.05) is 38.1 Å². The number of hydrogen-bond donors (Lipinski definition) is 3. The van der Waals surface area contributed by atoms with Gasteiger partial charge in [0, 0.05) is 13.1 Å². The van der Waals surface area contributed by atoms with E-state index in [1.54, 1.807) is 0 Å². The van der Waals surface area contributed by atoms with E-state index in [-0.39, 0.29) is 37.1 Å². The second-order valence-corrected chi connectivity index (χ2v) is 8.05. The number of aliphatic imine (C=N–C) groups is 1. The van der Waals surface area contributed by atoms with Crippen LogP contribution in [0, 0.1) is 12.8 Å². The number of hydrogen-bond acceptors (Lipinski definition) is 4. The van der Waals surface area contributed by atoms with Crippen molar-refractivity contribution < 1.29 is 23.0 Å². The summed E-state index contributed by atoms with van der Waals surface area (Å²) in [5, 5.41) is 16.6. The van der Waals surface area contributed by atoms with Gasteiger partial charge in [-0.05, 0) is 69.8 Å². The maximum atomic E-state index is 12.5. The molecule has 1 atom stereocenters. The number of alkyl halides is 3. The van der Waals surface area contributed by atoms with Crippen molar-refractivity contribution in [2.45, 2.75) is 45.4 Å². The number of halogens is 4. The van der Waals surface area contributed by atoms with Gasteiger partial charge in [0.25, 0.3) is 0 Å². The van der Waals surface area contributed by atoms with Gasteiger partial charge in [-0.25, -0.2) is 0 Å². The Labute approximate surface area is 206 Å². The predicted molar refractivity (Wildman–Crippen MR) is 132 cm³/mol. The number of aryl methyl sites for hydroxylation is 1. The number of guanidine groups is 1. The first kappa shape index (κ1) is 28.8. The van der Waals surface area contributed by atoms with Crippen LogP contribution in [0.2, 0.25) is 0 Å². The Hall–Kier alpha value is -1.27. The summed E-state index contributed by atoms with van der Waals surface area (Å²) in [4.78, 5) is 5.89. The molecule has 184 valence electrons. The molecule has 3 N–H and O–H groups in total. The quantitative estimate of drug-likeness (QED) is 0.227. The highest BCUT2D eigenvalue weighted by atomic mass is 127. The fourth-order valence-electron chi connectivity index (χ4n) is 3.57. The molecule has 2 rings (SSSR count). The third-order valence-electron chi connectivity index (χ3n) is 5.19. The van der Waals surface area contributed by atoms with Crippen molar-refractivity contribution in [2.24, 2.45) is 10.9 Å². The molecule has 32 heavy (non-hydrogen) atoms. The summed E-state index contributed by atoms with van der Waals surface area (Å²) < 4.78 is 43.1. The number of likely N-dealkylation sites (tertiary alicyclic amines) is 1. The fourth-order valence-corrected chi connectivity index (χ4v) is 3.57. The number of aliphatic hydroxyl groups excluding tert-OH is 1. The van der Waals surface area contributed by atoms with E-state index in [9.17, 15) is 18.3 Å². The van der Waals surface area contributed by atoms with Crippen molar-refractivity contribution in [3.63, 3.8) is 0 Å².